The molecule has 0 fully saturated rings. The Bertz CT molecular complexity index is 526. The van der Waals surface area contributed by atoms with Gasteiger partial charge >= 0.3 is 35.8 Å². The van der Waals surface area contributed by atoms with Gasteiger partial charge in [0, 0.05) is 38.7 Å². The van der Waals surface area contributed by atoms with Gasteiger partial charge in [0.25, 0.3) is 0 Å². The van der Waals surface area contributed by atoms with E-state index in [9.17, 15) is 28.8 Å². The van der Waals surface area contributed by atoms with E-state index in [-0.39, 0.29) is 6.42 Å². The molecule has 0 aromatic carbocycles. The van der Waals surface area contributed by atoms with Crippen LogP contribution in [0.4, 0.5) is 0 Å². The van der Waals surface area contributed by atoms with Gasteiger partial charge in [0.05, 0.1) is 5.41 Å². The van der Waals surface area contributed by atoms with Gasteiger partial charge in [-0.05, 0) is 6.42 Å². The summed E-state index contributed by atoms with van der Waals surface area (Å²) in [4.78, 5) is 67.2. The van der Waals surface area contributed by atoms with Crippen molar-refractivity contribution in [1.82, 2.24) is 0 Å². The molecule has 0 saturated carbocycles. The third kappa shape index (κ3) is 8.40. The van der Waals surface area contributed by atoms with Crippen LogP contribution in [0.3, 0.4) is 0 Å². The Morgan fingerprint density at radius 3 is 1.04 bits per heavy atom. The van der Waals surface area contributed by atoms with Crippen molar-refractivity contribution in [2.24, 2.45) is 5.41 Å². The number of ether oxygens (including phenoxy) is 3. The number of carbonyl (C=O) groups excluding carboxylic acids is 6. The summed E-state index contributed by atoms with van der Waals surface area (Å²) in [5.41, 5.74) is -1.44. The smallest absolute Gasteiger partial charge is 0.429 e. The molecule has 0 radical (unpaired) electrons. The molecular weight excluding hydrogens is 432 g/mol. The largest absolute Gasteiger partial charge is 0.456 e. The van der Waals surface area contributed by atoms with Gasteiger partial charge in [0.1, 0.15) is 19.8 Å². The maximum atomic E-state index is 11.4. The van der Waals surface area contributed by atoms with Crippen LogP contribution in [0.2, 0.25) is 0 Å². The fourth-order valence-corrected chi connectivity index (χ4v) is 1.60. The molecule has 0 aliphatic carbocycles. The third-order valence-electron chi connectivity index (χ3n) is 3.03. The van der Waals surface area contributed by atoms with E-state index >= 15 is 0 Å². The van der Waals surface area contributed by atoms with Crippen molar-refractivity contribution in [1.29, 1.82) is 0 Å². The molecule has 152 valence electrons. The molecule has 0 atom stereocenters. The summed E-state index contributed by atoms with van der Waals surface area (Å²) in [5, 5.41) is 0. The summed E-state index contributed by atoms with van der Waals surface area (Å²) < 4.78 is 25.7. The lowest BCUT2D eigenvalue weighted by atomic mass is 9.88. The van der Waals surface area contributed by atoms with E-state index in [1.165, 1.54) is 6.92 Å². The van der Waals surface area contributed by atoms with Crippen LogP contribution in [0.25, 0.3) is 0 Å². The van der Waals surface area contributed by atoms with Crippen LogP contribution in [0, 0.1) is 5.41 Å². The van der Waals surface area contributed by atoms with Gasteiger partial charge in [-0.2, -0.15) is 0 Å². The first-order chi connectivity index (χ1) is 12.7. The van der Waals surface area contributed by atoms with Crippen molar-refractivity contribution in [3.8, 4) is 0 Å². The van der Waals surface area contributed by atoms with Crippen LogP contribution in [0.15, 0.2) is 0 Å². The fraction of sp³-hybridized carbons (Fsp3) is 0.500. The highest BCUT2D eigenvalue weighted by Gasteiger charge is 2.37. The van der Waals surface area contributed by atoms with Gasteiger partial charge in [0.15, 0.2) is 0 Å². The van der Waals surface area contributed by atoms with Crippen LogP contribution in [-0.4, -0.2) is 55.6 Å². The molecule has 0 aliphatic rings. The van der Waals surface area contributed by atoms with Crippen LogP contribution in [-0.2, 0) is 55.5 Å². The summed E-state index contributed by atoms with van der Waals surface area (Å²) in [7, 11) is 0. The Morgan fingerprint density at radius 2 is 0.852 bits per heavy atom. The summed E-state index contributed by atoms with van der Waals surface area (Å²) in [6.07, 6.45) is 0.0304. The molecule has 0 bridgehead atoms. The quantitative estimate of drug-likeness (QED) is 0.147. The SMILES string of the molecule is CCC(COC(=O)C(=O)OS)(COC(=O)C(=O)OS)COC(=O)C(=O)OS. The second kappa shape index (κ2) is 12.3. The molecule has 0 aromatic heterocycles. The zero-order valence-corrected chi connectivity index (χ0v) is 16.3. The van der Waals surface area contributed by atoms with Gasteiger partial charge in [-0.25, -0.2) is 28.8 Å². The van der Waals surface area contributed by atoms with Crippen molar-refractivity contribution in [3.63, 3.8) is 0 Å². The van der Waals surface area contributed by atoms with Gasteiger partial charge in [-0.1, -0.05) is 6.92 Å². The summed E-state index contributed by atoms with van der Waals surface area (Å²) in [6.45, 7) is -0.368. The van der Waals surface area contributed by atoms with Crippen LogP contribution in [0.1, 0.15) is 13.3 Å². The molecule has 0 rings (SSSR count). The molecule has 0 saturated heterocycles. The Balaban J connectivity index is 5.22. The van der Waals surface area contributed by atoms with E-state index in [0.29, 0.717) is 0 Å². The topological polar surface area (TPSA) is 158 Å². The Kier molecular flexibility index (Phi) is 11.3. The van der Waals surface area contributed by atoms with Crippen LogP contribution < -0.4 is 0 Å². The first-order valence-electron chi connectivity index (χ1n) is 6.73. The average Bonchev–Trinajstić information content (AvgIpc) is 2.70. The monoisotopic (exact) mass is 446 g/mol. The number of carbonyl (C=O) groups is 6. The molecule has 27 heavy (non-hydrogen) atoms. The summed E-state index contributed by atoms with van der Waals surface area (Å²) >= 11 is 9.42. The van der Waals surface area contributed by atoms with E-state index in [0.717, 1.165) is 0 Å². The second-order valence-corrected chi connectivity index (χ2v) is 5.27. The molecule has 15 heteroatoms. The molecule has 0 unspecified atom stereocenters. The van der Waals surface area contributed by atoms with Gasteiger partial charge in [-0.15, -0.1) is 0 Å². The number of esters is 3. The van der Waals surface area contributed by atoms with Crippen molar-refractivity contribution >= 4 is 74.5 Å². The lowest BCUT2D eigenvalue weighted by Crippen LogP contribution is -2.41. The Hall–Kier alpha value is -2.13. The zero-order valence-electron chi connectivity index (χ0n) is 13.6. The molecule has 0 heterocycles. The minimum atomic E-state index is -1.44. The molecule has 12 nitrogen and oxygen atoms in total. The predicted molar refractivity (Wildman–Crippen MR) is 90.8 cm³/mol. The first kappa shape index (κ1) is 24.9. The number of hydrogen-bond acceptors (Lipinski definition) is 15. The van der Waals surface area contributed by atoms with Gasteiger partial charge in [0.2, 0.25) is 0 Å². The lowest BCUT2D eigenvalue weighted by molar-refractivity contribution is -0.175. The third-order valence-corrected chi connectivity index (χ3v) is 3.52. The zero-order chi connectivity index (χ0) is 21.0. The minimum absolute atomic E-state index is 0.0304. The van der Waals surface area contributed by atoms with Gasteiger partial charge in [-0.3, -0.25) is 0 Å². The average molecular weight is 446 g/mol. The second-order valence-electron chi connectivity index (χ2n) is 4.72. The summed E-state index contributed by atoms with van der Waals surface area (Å²) in [6, 6.07) is 0. The molecule has 0 aliphatic heterocycles. The lowest BCUT2D eigenvalue weighted by Gasteiger charge is -2.30. The maximum absolute atomic E-state index is 11.4. The number of thiol groups is 3. The molecule has 0 amide bonds. The highest BCUT2D eigenvalue weighted by molar-refractivity contribution is 7.75. The van der Waals surface area contributed by atoms with E-state index in [2.05, 4.69) is 65.5 Å². The highest BCUT2D eigenvalue weighted by atomic mass is 32.1. The Morgan fingerprint density at radius 1 is 0.593 bits per heavy atom. The molecule has 0 aromatic rings. The van der Waals surface area contributed by atoms with Crippen molar-refractivity contribution in [2.45, 2.75) is 13.3 Å². The number of hydrogen-bond donors (Lipinski definition) is 3. The molecular formula is C12H14O12S3. The van der Waals surface area contributed by atoms with Gasteiger partial charge < -0.3 is 26.8 Å². The highest BCUT2D eigenvalue weighted by Crippen LogP contribution is 2.24. The standard InChI is InChI=1S/C12H14O12S3/c1-2-12(3-19-6(13)9(16)22-25,4-20-7(14)10(17)23-26)5-21-8(15)11(18)24-27/h25-27H,2-5H2,1H3. The molecule has 0 N–H and O–H groups in total. The minimum Gasteiger partial charge on any atom is -0.456 e. The van der Waals surface area contributed by atoms with Crippen molar-refractivity contribution in [3.05, 3.63) is 0 Å². The van der Waals surface area contributed by atoms with Crippen LogP contribution in [0.5, 0.6) is 0 Å². The predicted octanol–water partition coefficient (Wildman–Crippen LogP) is -0.824. The number of rotatable bonds is 7. The van der Waals surface area contributed by atoms with E-state index in [1.54, 1.807) is 0 Å². The Labute approximate surface area is 168 Å². The van der Waals surface area contributed by atoms with E-state index < -0.39 is 61.1 Å². The molecule has 0 spiro atoms. The summed E-state index contributed by atoms with van der Waals surface area (Å²) in [5.74, 6) is -8.63. The normalized spacial score (nSPS) is 10.2. The van der Waals surface area contributed by atoms with E-state index in [1.807, 2.05) is 0 Å². The first-order valence-corrected chi connectivity index (χ1v) is 7.83. The van der Waals surface area contributed by atoms with E-state index in [4.69, 9.17) is 0 Å². The van der Waals surface area contributed by atoms with Crippen molar-refractivity contribution < 1.29 is 55.5 Å². The van der Waals surface area contributed by atoms with Crippen molar-refractivity contribution in [2.75, 3.05) is 19.8 Å². The fourth-order valence-electron chi connectivity index (χ4n) is 1.38. The van der Waals surface area contributed by atoms with Crippen LogP contribution >= 0.6 is 38.7 Å². The maximum Gasteiger partial charge on any atom is 0.429 e.